The standard InChI is InChI=1S/C9H15N3OS/c1-3-12-7(10-11-8(12)14)9(2)5-4-6-13-9/h3-6H2,1-2H3,(H,11,14). The van der Waals surface area contributed by atoms with Crippen molar-refractivity contribution in [3.05, 3.63) is 10.6 Å². The molecule has 2 rings (SSSR count). The first-order valence-electron chi connectivity index (χ1n) is 4.97. The van der Waals surface area contributed by atoms with E-state index >= 15 is 0 Å². The first-order chi connectivity index (χ1) is 6.67. The van der Waals surface area contributed by atoms with E-state index < -0.39 is 0 Å². The quantitative estimate of drug-likeness (QED) is 0.764. The van der Waals surface area contributed by atoms with Gasteiger partial charge in [0.05, 0.1) is 0 Å². The Balaban J connectivity index is 2.44. The SMILES string of the molecule is CCn1c(C2(C)CCCO2)n[nH]c1=S. The lowest BCUT2D eigenvalue weighted by molar-refractivity contribution is 0.00627. The third kappa shape index (κ3) is 1.40. The van der Waals surface area contributed by atoms with Gasteiger partial charge in [-0.15, -0.1) is 0 Å². The fourth-order valence-electron chi connectivity index (χ4n) is 1.97. The van der Waals surface area contributed by atoms with E-state index in [-0.39, 0.29) is 5.60 Å². The zero-order valence-electron chi connectivity index (χ0n) is 8.54. The van der Waals surface area contributed by atoms with Crippen molar-refractivity contribution in [1.29, 1.82) is 0 Å². The van der Waals surface area contributed by atoms with Crippen LogP contribution in [0.2, 0.25) is 0 Å². The van der Waals surface area contributed by atoms with Gasteiger partial charge in [-0.05, 0) is 38.9 Å². The fourth-order valence-corrected chi connectivity index (χ4v) is 2.23. The number of H-pyrrole nitrogens is 1. The van der Waals surface area contributed by atoms with Gasteiger partial charge in [0.25, 0.3) is 0 Å². The molecule has 0 radical (unpaired) electrons. The summed E-state index contributed by atoms with van der Waals surface area (Å²) in [4.78, 5) is 0. The van der Waals surface area contributed by atoms with E-state index in [1.165, 1.54) is 0 Å². The molecule has 1 saturated heterocycles. The van der Waals surface area contributed by atoms with Crippen LogP contribution in [0.4, 0.5) is 0 Å². The third-order valence-electron chi connectivity index (χ3n) is 2.77. The highest BCUT2D eigenvalue weighted by Gasteiger charge is 2.36. The number of hydrogen-bond acceptors (Lipinski definition) is 3. The molecule has 5 heteroatoms. The molecule has 1 atom stereocenters. The highest BCUT2D eigenvalue weighted by Crippen LogP contribution is 2.34. The minimum atomic E-state index is -0.246. The van der Waals surface area contributed by atoms with Crippen LogP contribution in [0, 0.1) is 4.77 Å². The van der Waals surface area contributed by atoms with Crippen molar-refractivity contribution < 1.29 is 4.74 Å². The van der Waals surface area contributed by atoms with Crippen molar-refractivity contribution in [1.82, 2.24) is 14.8 Å². The Labute approximate surface area is 88.3 Å². The average molecular weight is 213 g/mol. The number of aromatic amines is 1. The topological polar surface area (TPSA) is 42.8 Å². The van der Waals surface area contributed by atoms with E-state index in [4.69, 9.17) is 17.0 Å². The molecule has 14 heavy (non-hydrogen) atoms. The molecule has 1 fully saturated rings. The first kappa shape index (κ1) is 9.86. The lowest BCUT2D eigenvalue weighted by Gasteiger charge is -2.22. The molecule has 1 aliphatic heterocycles. The van der Waals surface area contributed by atoms with Gasteiger partial charge < -0.3 is 9.30 Å². The predicted molar refractivity (Wildman–Crippen MR) is 55.6 cm³/mol. The molecule has 2 heterocycles. The van der Waals surface area contributed by atoms with Gasteiger partial charge in [0.1, 0.15) is 5.60 Å². The Kier molecular flexibility index (Phi) is 2.45. The van der Waals surface area contributed by atoms with E-state index in [0.29, 0.717) is 4.77 Å². The maximum Gasteiger partial charge on any atom is 0.195 e. The van der Waals surface area contributed by atoms with Gasteiger partial charge in [0.2, 0.25) is 0 Å². The average Bonchev–Trinajstić information content (AvgIpc) is 2.73. The predicted octanol–water partition coefficient (Wildman–Crippen LogP) is 1.99. The summed E-state index contributed by atoms with van der Waals surface area (Å²) in [5.41, 5.74) is -0.246. The molecule has 1 unspecified atom stereocenters. The summed E-state index contributed by atoms with van der Waals surface area (Å²) in [5.74, 6) is 0.933. The monoisotopic (exact) mass is 213 g/mol. The molecule has 0 aliphatic carbocycles. The highest BCUT2D eigenvalue weighted by molar-refractivity contribution is 7.71. The van der Waals surface area contributed by atoms with Crippen molar-refractivity contribution in [2.45, 2.75) is 38.8 Å². The third-order valence-corrected chi connectivity index (χ3v) is 3.08. The molecule has 4 nitrogen and oxygen atoms in total. The minimum absolute atomic E-state index is 0.246. The van der Waals surface area contributed by atoms with Crippen LogP contribution in [0.3, 0.4) is 0 Å². The lowest BCUT2D eigenvalue weighted by Crippen LogP contribution is -2.25. The van der Waals surface area contributed by atoms with Gasteiger partial charge in [0.15, 0.2) is 10.6 Å². The molecule has 1 aromatic rings. The van der Waals surface area contributed by atoms with Crippen molar-refractivity contribution >= 4 is 12.2 Å². The number of nitrogens with zero attached hydrogens (tertiary/aromatic N) is 2. The molecule has 78 valence electrons. The normalized spacial score (nSPS) is 27.0. The fraction of sp³-hybridized carbons (Fsp3) is 0.778. The Morgan fingerprint density at radius 1 is 1.71 bits per heavy atom. The molecule has 1 aromatic heterocycles. The van der Waals surface area contributed by atoms with Crippen LogP contribution < -0.4 is 0 Å². The second-order valence-corrected chi connectivity index (χ2v) is 4.17. The number of hydrogen-bond donors (Lipinski definition) is 1. The summed E-state index contributed by atoms with van der Waals surface area (Å²) in [5, 5.41) is 7.09. The Bertz CT molecular complexity index is 376. The summed E-state index contributed by atoms with van der Waals surface area (Å²) < 4.78 is 8.41. The lowest BCUT2D eigenvalue weighted by atomic mass is 10.0. The summed E-state index contributed by atoms with van der Waals surface area (Å²) >= 11 is 5.15. The smallest absolute Gasteiger partial charge is 0.195 e. The summed E-state index contributed by atoms with van der Waals surface area (Å²) in [7, 11) is 0. The van der Waals surface area contributed by atoms with E-state index in [9.17, 15) is 0 Å². The molecule has 0 spiro atoms. The molecular weight excluding hydrogens is 198 g/mol. The van der Waals surface area contributed by atoms with E-state index in [0.717, 1.165) is 31.8 Å². The van der Waals surface area contributed by atoms with Gasteiger partial charge in [-0.25, -0.2) is 0 Å². The van der Waals surface area contributed by atoms with Gasteiger partial charge in [-0.2, -0.15) is 5.10 Å². The Morgan fingerprint density at radius 2 is 2.50 bits per heavy atom. The largest absolute Gasteiger partial charge is 0.367 e. The Hall–Kier alpha value is -0.680. The van der Waals surface area contributed by atoms with E-state index in [1.807, 2.05) is 4.57 Å². The van der Waals surface area contributed by atoms with Crippen molar-refractivity contribution in [2.24, 2.45) is 0 Å². The van der Waals surface area contributed by atoms with Gasteiger partial charge in [-0.3, -0.25) is 5.10 Å². The van der Waals surface area contributed by atoms with Crippen LogP contribution in [0.15, 0.2) is 0 Å². The molecule has 0 bridgehead atoms. The highest BCUT2D eigenvalue weighted by atomic mass is 32.1. The number of aromatic nitrogens is 3. The number of nitrogens with one attached hydrogen (secondary N) is 1. The zero-order valence-corrected chi connectivity index (χ0v) is 9.36. The molecule has 0 saturated carbocycles. The maximum absolute atomic E-state index is 5.73. The molecule has 0 aromatic carbocycles. The number of ether oxygens (including phenoxy) is 1. The minimum Gasteiger partial charge on any atom is -0.367 e. The maximum atomic E-state index is 5.73. The summed E-state index contributed by atoms with van der Waals surface area (Å²) in [6.07, 6.45) is 2.12. The molecule has 1 N–H and O–H groups in total. The van der Waals surface area contributed by atoms with Gasteiger partial charge in [-0.1, -0.05) is 0 Å². The van der Waals surface area contributed by atoms with Crippen LogP contribution in [-0.2, 0) is 16.9 Å². The Morgan fingerprint density at radius 3 is 3.07 bits per heavy atom. The molecule has 0 amide bonds. The van der Waals surface area contributed by atoms with Gasteiger partial charge >= 0.3 is 0 Å². The van der Waals surface area contributed by atoms with E-state index in [1.54, 1.807) is 0 Å². The van der Waals surface area contributed by atoms with E-state index in [2.05, 4.69) is 24.0 Å². The van der Waals surface area contributed by atoms with Crippen LogP contribution >= 0.6 is 12.2 Å². The van der Waals surface area contributed by atoms with Crippen molar-refractivity contribution in [2.75, 3.05) is 6.61 Å². The van der Waals surface area contributed by atoms with Crippen LogP contribution in [0.5, 0.6) is 0 Å². The molecular formula is C9H15N3OS. The number of rotatable bonds is 2. The van der Waals surface area contributed by atoms with Crippen molar-refractivity contribution in [3.63, 3.8) is 0 Å². The zero-order chi connectivity index (χ0) is 10.2. The van der Waals surface area contributed by atoms with Crippen LogP contribution in [0.1, 0.15) is 32.5 Å². The van der Waals surface area contributed by atoms with Crippen molar-refractivity contribution in [3.8, 4) is 0 Å². The molecule has 1 aliphatic rings. The summed E-state index contributed by atoms with van der Waals surface area (Å²) in [6, 6.07) is 0. The summed E-state index contributed by atoms with van der Waals surface area (Å²) in [6.45, 7) is 5.80. The van der Waals surface area contributed by atoms with Crippen LogP contribution in [0.25, 0.3) is 0 Å². The second kappa shape index (κ2) is 3.47. The van der Waals surface area contributed by atoms with Gasteiger partial charge in [0, 0.05) is 13.2 Å². The van der Waals surface area contributed by atoms with Crippen LogP contribution in [-0.4, -0.2) is 21.4 Å². The second-order valence-electron chi connectivity index (χ2n) is 3.78. The first-order valence-corrected chi connectivity index (χ1v) is 5.38.